The van der Waals surface area contributed by atoms with Gasteiger partial charge in [0.25, 0.3) is 0 Å². The van der Waals surface area contributed by atoms with E-state index in [0.29, 0.717) is 13.1 Å². The lowest BCUT2D eigenvalue weighted by molar-refractivity contribution is -0.145. The van der Waals surface area contributed by atoms with E-state index in [1.807, 2.05) is 19.0 Å². The average Bonchev–Trinajstić information content (AvgIpc) is 2.33. The summed E-state index contributed by atoms with van der Waals surface area (Å²) in [6, 6.07) is -0.966. The minimum absolute atomic E-state index is 0.234. The van der Waals surface area contributed by atoms with E-state index in [9.17, 15) is 14.4 Å². The van der Waals surface area contributed by atoms with Crippen molar-refractivity contribution in [3.05, 3.63) is 0 Å². The molecule has 110 valence electrons. The summed E-state index contributed by atoms with van der Waals surface area (Å²) >= 11 is 0. The number of amides is 2. The molecule has 0 saturated heterocycles. The van der Waals surface area contributed by atoms with Gasteiger partial charge in [-0.1, -0.05) is 6.92 Å². The van der Waals surface area contributed by atoms with Crippen LogP contribution in [0.2, 0.25) is 0 Å². The van der Waals surface area contributed by atoms with E-state index in [2.05, 4.69) is 5.32 Å². The van der Waals surface area contributed by atoms with Gasteiger partial charge in [0.2, 0.25) is 11.8 Å². The zero-order valence-electron chi connectivity index (χ0n) is 12.0. The van der Waals surface area contributed by atoms with Crippen molar-refractivity contribution >= 4 is 17.8 Å². The van der Waals surface area contributed by atoms with E-state index in [-0.39, 0.29) is 12.3 Å². The summed E-state index contributed by atoms with van der Waals surface area (Å²) in [4.78, 5) is 37.4. The van der Waals surface area contributed by atoms with Crippen LogP contribution >= 0.6 is 0 Å². The Bertz CT molecular complexity index is 331. The maximum Gasteiger partial charge on any atom is 0.305 e. The van der Waals surface area contributed by atoms with Crippen LogP contribution in [0.3, 0.4) is 0 Å². The van der Waals surface area contributed by atoms with Gasteiger partial charge in [0.05, 0.1) is 6.42 Å². The summed E-state index contributed by atoms with van der Waals surface area (Å²) in [7, 11) is 5.19. The molecule has 7 heteroatoms. The van der Waals surface area contributed by atoms with Crippen LogP contribution in [0.4, 0.5) is 0 Å². The maximum absolute atomic E-state index is 11.9. The molecule has 2 N–H and O–H groups in total. The fourth-order valence-corrected chi connectivity index (χ4v) is 1.51. The summed E-state index contributed by atoms with van der Waals surface area (Å²) in [5, 5.41) is 11.5. The number of rotatable bonds is 8. The molecule has 0 heterocycles. The molecule has 0 bridgehead atoms. The SMILES string of the molecule is CCC(=O)N(C)C(CC(=O)O)C(=O)NCCN(C)C. The lowest BCUT2D eigenvalue weighted by Crippen LogP contribution is -2.49. The molecule has 0 saturated carbocycles. The second-order valence-electron chi connectivity index (χ2n) is 4.57. The van der Waals surface area contributed by atoms with Gasteiger partial charge in [-0.25, -0.2) is 0 Å². The highest BCUT2D eigenvalue weighted by atomic mass is 16.4. The van der Waals surface area contributed by atoms with Crippen LogP contribution in [-0.2, 0) is 14.4 Å². The number of hydrogen-bond donors (Lipinski definition) is 2. The molecule has 0 aliphatic rings. The van der Waals surface area contributed by atoms with Crippen LogP contribution in [-0.4, -0.2) is 73.0 Å². The Morgan fingerprint density at radius 2 is 1.79 bits per heavy atom. The second kappa shape index (κ2) is 8.47. The molecule has 0 aromatic carbocycles. The highest BCUT2D eigenvalue weighted by molar-refractivity contribution is 5.90. The molecule has 0 aromatic rings. The smallest absolute Gasteiger partial charge is 0.305 e. The summed E-state index contributed by atoms with van der Waals surface area (Å²) < 4.78 is 0. The first-order valence-corrected chi connectivity index (χ1v) is 6.19. The summed E-state index contributed by atoms with van der Waals surface area (Å²) in [6.07, 6.45) is -0.159. The molecule has 7 nitrogen and oxygen atoms in total. The van der Waals surface area contributed by atoms with Gasteiger partial charge in [0.15, 0.2) is 0 Å². The molecule has 0 spiro atoms. The summed E-state index contributed by atoms with van der Waals surface area (Å²) in [5.74, 6) is -1.80. The quantitative estimate of drug-likeness (QED) is 0.615. The average molecular weight is 273 g/mol. The number of carboxylic acid groups (broad SMARTS) is 1. The van der Waals surface area contributed by atoms with Crippen molar-refractivity contribution in [1.29, 1.82) is 0 Å². The van der Waals surface area contributed by atoms with Crippen LogP contribution in [0, 0.1) is 0 Å². The third-order valence-corrected chi connectivity index (χ3v) is 2.69. The van der Waals surface area contributed by atoms with E-state index in [0.717, 1.165) is 0 Å². The predicted octanol–water partition coefficient (Wildman–Crippen LogP) is -0.624. The van der Waals surface area contributed by atoms with Gasteiger partial charge < -0.3 is 20.2 Å². The summed E-state index contributed by atoms with van der Waals surface area (Å²) in [6.45, 7) is 2.73. The number of nitrogens with one attached hydrogen (secondary N) is 1. The molecule has 1 atom stereocenters. The molecule has 2 amide bonds. The number of aliphatic carboxylic acids is 1. The number of carboxylic acids is 1. The van der Waals surface area contributed by atoms with Crippen LogP contribution in [0.5, 0.6) is 0 Å². The van der Waals surface area contributed by atoms with Crippen LogP contribution in [0.15, 0.2) is 0 Å². The summed E-state index contributed by atoms with van der Waals surface area (Å²) in [5.41, 5.74) is 0. The third-order valence-electron chi connectivity index (χ3n) is 2.69. The molecule has 0 aromatic heterocycles. The van der Waals surface area contributed by atoms with Crippen molar-refractivity contribution in [2.24, 2.45) is 0 Å². The van der Waals surface area contributed by atoms with Crippen molar-refractivity contribution in [1.82, 2.24) is 15.1 Å². The Kier molecular flexibility index (Phi) is 7.74. The number of hydrogen-bond acceptors (Lipinski definition) is 4. The number of likely N-dealkylation sites (N-methyl/N-ethyl adjacent to an activating group) is 2. The topological polar surface area (TPSA) is 90.0 Å². The number of carbonyl (C=O) groups is 3. The highest BCUT2D eigenvalue weighted by Crippen LogP contribution is 2.05. The van der Waals surface area contributed by atoms with E-state index in [1.54, 1.807) is 6.92 Å². The van der Waals surface area contributed by atoms with Crippen molar-refractivity contribution in [2.45, 2.75) is 25.8 Å². The zero-order valence-corrected chi connectivity index (χ0v) is 12.0. The molecule has 0 aliphatic heterocycles. The number of carbonyl (C=O) groups excluding carboxylic acids is 2. The molecule has 19 heavy (non-hydrogen) atoms. The minimum atomic E-state index is -1.11. The second-order valence-corrected chi connectivity index (χ2v) is 4.57. The van der Waals surface area contributed by atoms with E-state index < -0.39 is 24.3 Å². The van der Waals surface area contributed by atoms with Crippen molar-refractivity contribution < 1.29 is 19.5 Å². The molecular formula is C12H23N3O4. The Labute approximate surface area is 113 Å². The van der Waals surface area contributed by atoms with Crippen molar-refractivity contribution in [3.63, 3.8) is 0 Å². The van der Waals surface area contributed by atoms with Gasteiger partial charge in [0, 0.05) is 26.6 Å². The van der Waals surface area contributed by atoms with Gasteiger partial charge in [0.1, 0.15) is 6.04 Å². The maximum atomic E-state index is 11.9. The standard InChI is InChI=1S/C12H23N3O4/c1-5-10(16)15(4)9(8-11(17)18)12(19)13-6-7-14(2)3/h9H,5-8H2,1-4H3,(H,13,19)(H,17,18). The first-order valence-electron chi connectivity index (χ1n) is 6.19. The molecule has 0 radical (unpaired) electrons. The zero-order chi connectivity index (χ0) is 15.0. The Hall–Kier alpha value is -1.63. The number of nitrogens with zero attached hydrogens (tertiary/aromatic N) is 2. The highest BCUT2D eigenvalue weighted by Gasteiger charge is 2.28. The molecule has 1 unspecified atom stereocenters. The lowest BCUT2D eigenvalue weighted by Gasteiger charge is -2.26. The largest absolute Gasteiger partial charge is 0.481 e. The fourth-order valence-electron chi connectivity index (χ4n) is 1.51. The predicted molar refractivity (Wildman–Crippen MR) is 70.7 cm³/mol. The molecular weight excluding hydrogens is 250 g/mol. The van der Waals surface area contributed by atoms with Gasteiger partial charge in [-0.3, -0.25) is 14.4 Å². The van der Waals surface area contributed by atoms with Gasteiger partial charge in [-0.05, 0) is 14.1 Å². The van der Waals surface area contributed by atoms with Gasteiger partial charge in [-0.2, -0.15) is 0 Å². The first-order chi connectivity index (χ1) is 8.79. The molecule has 0 aliphatic carbocycles. The van der Waals surface area contributed by atoms with E-state index in [4.69, 9.17) is 5.11 Å². The fraction of sp³-hybridized carbons (Fsp3) is 0.750. The van der Waals surface area contributed by atoms with E-state index >= 15 is 0 Å². The van der Waals surface area contributed by atoms with Crippen molar-refractivity contribution in [2.75, 3.05) is 34.2 Å². The Morgan fingerprint density at radius 3 is 2.21 bits per heavy atom. The first kappa shape index (κ1) is 17.4. The van der Waals surface area contributed by atoms with Crippen molar-refractivity contribution in [3.8, 4) is 0 Å². The van der Waals surface area contributed by atoms with Crippen LogP contribution in [0.25, 0.3) is 0 Å². The lowest BCUT2D eigenvalue weighted by atomic mass is 10.1. The van der Waals surface area contributed by atoms with E-state index in [1.165, 1.54) is 11.9 Å². The van der Waals surface area contributed by atoms with Crippen LogP contribution < -0.4 is 5.32 Å². The molecule has 0 fully saturated rings. The normalized spacial score (nSPS) is 12.1. The van der Waals surface area contributed by atoms with Crippen LogP contribution in [0.1, 0.15) is 19.8 Å². The van der Waals surface area contributed by atoms with Gasteiger partial charge in [-0.15, -0.1) is 0 Å². The Balaban J connectivity index is 4.60. The monoisotopic (exact) mass is 273 g/mol. The van der Waals surface area contributed by atoms with Gasteiger partial charge >= 0.3 is 5.97 Å². The molecule has 0 rings (SSSR count). The third kappa shape index (κ3) is 6.76. The Morgan fingerprint density at radius 1 is 1.21 bits per heavy atom. The minimum Gasteiger partial charge on any atom is -0.481 e.